The third-order valence-corrected chi connectivity index (χ3v) is 2.99. The van der Waals surface area contributed by atoms with Crippen molar-refractivity contribution in [2.45, 2.75) is 0 Å². The van der Waals surface area contributed by atoms with Gasteiger partial charge in [0.2, 0.25) is 0 Å². The van der Waals surface area contributed by atoms with Crippen LogP contribution in [0.3, 0.4) is 0 Å². The molecule has 12 heavy (non-hydrogen) atoms. The molecule has 1 rings (SSSR count). The molecule has 0 unspecified atom stereocenters. The Labute approximate surface area is 86.4 Å². The minimum atomic E-state index is -0.393. The maximum Gasteiger partial charge on any atom is 0.339 e. The van der Waals surface area contributed by atoms with Crippen LogP contribution in [0.25, 0.3) is 0 Å². The molecule has 1 aromatic heterocycles. The number of ether oxygens (including phenoxy) is 1. The Morgan fingerprint density at radius 2 is 2.25 bits per heavy atom. The normalized spacial score (nSPS) is 9.58. The topological polar surface area (TPSA) is 39.2 Å². The van der Waals surface area contributed by atoms with Gasteiger partial charge in [-0.25, -0.2) is 9.78 Å². The average Bonchev–Trinajstić information content (AvgIpc) is 2.08. The number of pyridine rings is 1. The second-order valence-corrected chi connectivity index (χ2v) is 3.59. The zero-order valence-corrected chi connectivity index (χ0v) is 9.35. The van der Waals surface area contributed by atoms with Gasteiger partial charge in [0.25, 0.3) is 0 Å². The van der Waals surface area contributed by atoms with E-state index in [1.54, 1.807) is 6.07 Å². The van der Waals surface area contributed by atoms with Crippen LogP contribution in [0, 0.1) is 0 Å². The molecule has 0 aliphatic heterocycles. The first kappa shape index (κ1) is 9.67. The van der Waals surface area contributed by atoms with Crippen molar-refractivity contribution in [3.05, 3.63) is 26.9 Å². The number of rotatable bonds is 1. The van der Waals surface area contributed by atoms with Gasteiger partial charge in [0, 0.05) is 6.20 Å². The van der Waals surface area contributed by atoms with Crippen LogP contribution in [-0.4, -0.2) is 18.1 Å². The molecule has 0 aliphatic carbocycles. The molecule has 1 heterocycles. The highest BCUT2D eigenvalue weighted by molar-refractivity contribution is 9.13. The van der Waals surface area contributed by atoms with Gasteiger partial charge in [-0.2, -0.15) is 0 Å². The molecule has 0 bridgehead atoms. The first-order valence-corrected chi connectivity index (χ1v) is 4.63. The van der Waals surface area contributed by atoms with E-state index in [0.717, 1.165) is 4.47 Å². The monoisotopic (exact) mass is 293 g/mol. The molecule has 5 heteroatoms. The molecule has 0 saturated carbocycles. The molecule has 0 fully saturated rings. The van der Waals surface area contributed by atoms with Crippen LogP contribution in [0.2, 0.25) is 0 Å². The molecule has 3 nitrogen and oxygen atoms in total. The lowest BCUT2D eigenvalue weighted by atomic mass is 10.3. The third kappa shape index (κ3) is 2.04. The van der Waals surface area contributed by atoms with Crippen LogP contribution in [0.1, 0.15) is 10.4 Å². The van der Waals surface area contributed by atoms with Gasteiger partial charge in [-0.3, -0.25) is 0 Å². The Kier molecular flexibility index (Phi) is 3.22. The van der Waals surface area contributed by atoms with E-state index in [4.69, 9.17) is 0 Å². The molecule has 0 spiro atoms. The zero-order valence-electron chi connectivity index (χ0n) is 6.17. The van der Waals surface area contributed by atoms with Gasteiger partial charge < -0.3 is 4.74 Å². The van der Waals surface area contributed by atoms with Crippen molar-refractivity contribution in [1.82, 2.24) is 4.98 Å². The van der Waals surface area contributed by atoms with E-state index in [2.05, 4.69) is 41.6 Å². The number of aromatic nitrogens is 1. The summed E-state index contributed by atoms with van der Waals surface area (Å²) in [5.74, 6) is -0.393. The first-order valence-electron chi connectivity index (χ1n) is 3.04. The molecule has 0 saturated heterocycles. The molecule has 0 aliphatic rings. The molecule has 0 aromatic carbocycles. The smallest absolute Gasteiger partial charge is 0.339 e. The van der Waals surface area contributed by atoms with Gasteiger partial charge in [-0.05, 0) is 37.9 Å². The van der Waals surface area contributed by atoms with Gasteiger partial charge in [-0.15, -0.1) is 0 Å². The highest BCUT2D eigenvalue weighted by Gasteiger charge is 2.07. The number of carbonyl (C=O) groups is 1. The van der Waals surface area contributed by atoms with Crippen molar-refractivity contribution in [3.63, 3.8) is 0 Å². The Bertz CT molecular complexity index is 314. The SMILES string of the molecule is COC(=O)c1cnc(Br)c(Br)c1. The van der Waals surface area contributed by atoms with Gasteiger partial charge in [0.1, 0.15) is 4.60 Å². The van der Waals surface area contributed by atoms with E-state index >= 15 is 0 Å². The molecular weight excluding hydrogens is 290 g/mol. The Balaban J connectivity index is 3.05. The largest absolute Gasteiger partial charge is 0.465 e. The Morgan fingerprint density at radius 1 is 1.58 bits per heavy atom. The number of halogens is 2. The number of nitrogens with zero attached hydrogens (tertiary/aromatic N) is 1. The molecule has 0 N–H and O–H groups in total. The Hall–Kier alpha value is -0.420. The summed E-state index contributed by atoms with van der Waals surface area (Å²) in [6.07, 6.45) is 1.45. The number of methoxy groups -OCH3 is 1. The van der Waals surface area contributed by atoms with E-state index in [1.807, 2.05) is 0 Å². The van der Waals surface area contributed by atoms with Crippen LogP contribution in [-0.2, 0) is 4.74 Å². The van der Waals surface area contributed by atoms with Crippen LogP contribution < -0.4 is 0 Å². The highest BCUT2D eigenvalue weighted by Crippen LogP contribution is 2.21. The maximum atomic E-state index is 11.0. The van der Waals surface area contributed by atoms with Gasteiger partial charge in [-0.1, -0.05) is 0 Å². The number of carbonyl (C=O) groups excluding carboxylic acids is 1. The highest BCUT2D eigenvalue weighted by atomic mass is 79.9. The lowest BCUT2D eigenvalue weighted by Gasteiger charge is -1.99. The number of hydrogen-bond acceptors (Lipinski definition) is 3. The van der Waals surface area contributed by atoms with Crippen molar-refractivity contribution in [3.8, 4) is 0 Å². The summed E-state index contributed by atoms with van der Waals surface area (Å²) in [6.45, 7) is 0. The lowest BCUT2D eigenvalue weighted by Crippen LogP contribution is -2.01. The van der Waals surface area contributed by atoms with E-state index in [-0.39, 0.29) is 0 Å². The maximum absolute atomic E-state index is 11.0. The fraction of sp³-hybridized carbons (Fsp3) is 0.143. The van der Waals surface area contributed by atoms with Gasteiger partial charge in [0.05, 0.1) is 17.1 Å². The fourth-order valence-corrected chi connectivity index (χ4v) is 1.22. The number of esters is 1. The molecule has 64 valence electrons. The van der Waals surface area contributed by atoms with Crippen LogP contribution >= 0.6 is 31.9 Å². The Morgan fingerprint density at radius 3 is 2.75 bits per heavy atom. The minimum Gasteiger partial charge on any atom is -0.465 e. The molecular formula is C7H5Br2NO2. The summed E-state index contributed by atoms with van der Waals surface area (Å²) in [6, 6.07) is 1.64. The second kappa shape index (κ2) is 4.00. The van der Waals surface area contributed by atoms with Crippen molar-refractivity contribution in [2.75, 3.05) is 7.11 Å². The van der Waals surface area contributed by atoms with Gasteiger partial charge in [0.15, 0.2) is 0 Å². The first-order chi connectivity index (χ1) is 5.65. The van der Waals surface area contributed by atoms with E-state index in [9.17, 15) is 4.79 Å². The predicted octanol–water partition coefficient (Wildman–Crippen LogP) is 2.39. The summed E-state index contributed by atoms with van der Waals surface area (Å²) in [7, 11) is 1.33. The standard InChI is InChI=1S/C7H5Br2NO2/c1-12-7(11)4-2-5(8)6(9)10-3-4/h2-3H,1H3. The van der Waals surface area contributed by atoms with Crippen LogP contribution in [0.4, 0.5) is 0 Å². The van der Waals surface area contributed by atoms with Crippen LogP contribution in [0.15, 0.2) is 21.3 Å². The third-order valence-electron chi connectivity index (χ3n) is 1.22. The van der Waals surface area contributed by atoms with Crippen LogP contribution in [0.5, 0.6) is 0 Å². The van der Waals surface area contributed by atoms with E-state index in [1.165, 1.54) is 13.3 Å². The summed E-state index contributed by atoms with van der Waals surface area (Å²) in [5, 5.41) is 0. The van der Waals surface area contributed by atoms with Crippen molar-refractivity contribution < 1.29 is 9.53 Å². The summed E-state index contributed by atoms with van der Waals surface area (Å²) < 4.78 is 5.91. The van der Waals surface area contributed by atoms with E-state index < -0.39 is 5.97 Å². The zero-order chi connectivity index (χ0) is 9.14. The van der Waals surface area contributed by atoms with Crippen molar-refractivity contribution in [2.24, 2.45) is 0 Å². The molecule has 1 aromatic rings. The van der Waals surface area contributed by atoms with E-state index in [0.29, 0.717) is 10.2 Å². The summed E-state index contributed by atoms with van der Waals surface area (Å²) in [4.78, 5) is 14.9. The molecule has 0 atom stereocenters. The quantitative estimate of drug-likeness (QED) is 0.590. The second-order valence-electron chi connectivity index (χ2n) is 1.99. The molecule has 0 amide bonds. The number of hydrogen-bond donors (Lipinski definition) is 0. The summed E-state index contributed by atoms with van der Waals surface area (Å²) >= 11 is 6.42. The lowest BCUT2D eigenvalue weighted by molar-refractivity contribution is 0.0600. The van der Waals surface area contributed by atoms with Crippen molar-refractivity contribution in [1.29, 1.82) is 0 Å². The fourth-order valence-electron chi connectivity index (χ4n) is 0.651. The molecule has 0 radical (unpaired) electrons. The van der Waals surface area contributed by atoms with Gasteiger partial charge >= 0.3 is 5.97 Å². The summed E-state index contributed by atoms with van der Waals surface area (Å²) in [5.41, 5.74) is 0.424. The minimum absolute atomic E-state index is 0.393. The average molecular weight is 295 g/mol. The van der Waals surface area contributed by atoms with Crippen molar-refractivity contribution >= 4 is 37.8 Å². The predicted molar refractivity (Wildman–Crippen MR) is 51.0 cm³/mol.